The number of carbonyl (C=O) groups excluding carboxylic acids is 3. The number of anilines is 1. The molecule has 2 heterocycles. The molecule has 1 N–H and O–H groups in total. The van der Waals surface area contributed by atoms with Crippen LogP contribution >= 0.6 is 0 Å². The summed E-state index contributed by atoms with van der Waals surface area (Å²) < 4.78 is 0. The highest BCUT2D eigenvalue weighted by Gasteiger charge is 2.47. The molecule has 0 bridgehead atoms. The van der Waals surface area contributed by atoms with Crippen LogP contribution in [0.5, 0.6) is 0 Å². The van der Waals surface area contributed by atoms with Crippen molar-refractivity contribution in [1.82, 2.24) is 9.88 Å². The quantitative estimate of drug-likeness (QED) is 0.663. The molecule has 1 fully saturated rings. The van der Waals surface area contributed by atoms with Crippen molar-refractivity contribution in [3.05, 3.63) is 36.7 Å². The molecule has 0 radical (unpaired) electrons. The molecule has 1 aromatic rings. The molecule has 0 aromatic carbocycles. The van der Waals surface area contributed by atoms with Gasteiger partial charge in [-0.2, -0.15) is 0 Å². The Hall–Kier alpha value is -2.50. The van der Waals surface area contributed by atoms with Crippen LogP contribution in [-0.2, 0) is 14.4 Å². The third kappa shape index (κ3) is 2.56. The Kier molecular flexibility index (Phi) is 3.51. The Morgan fingerprint density at radius 2 is 1.71 bits per heavy atom. The van der Waals surface area contributed by atoms with Gasteiger partial charge < -0.3 is 5.32 Å². The van der Waals surface area contributed by atoms with Gasteiger partial charge in [-0.05, 0) is 25.0 Å². The summed E-state index contributed by atoms with van der Waals surface area (Å²) >= 11 is 0. The number of rotatable bonds is 3. The van der Waals surface area contributed by atoms with E-state index in [4.69, 9.17) is 0 Å². The van der Waals surface area contributed by atoms with Crippen LogP contribution in [0.15, 0.2) is 36.7 Å². The first-order valence-electron chi connectivity index (χ1n) is 6.87. The molecule has 21 heavy (non-hydrogen) atoms. The van der Waals surface area contributed by atoms with E-state index in [1.54, 1.807) is 24.5 Å². The third-order valence-electron chi connectivity index (χ3n) is 3.86. The Labute approximate surface area is 121 Å². The average molecular weight is 285 g/mol. The van der Waals surface area contributed by atoms with E-state index in [2.05, 4.69) is 10.3 Å². The molecule has 1 saturated heterocycles. The van der Waals surface area contributed by atoms with Gasteiger partial charge in [0.1, 0.15) is 6.54 Å². The second kappa shape index (κ2) is 5.47. The summed E-state index contributed by atoms with van der Waals surface area (Å²) in [5.74, 6) is -1.44. The predicted octanol–water partition coefficient (Wildman–Crippen LogP) is 0.971. The number of hydrogen-bond donors (Lipinski definition) is 1. The van der Waals surface area contributed by atoms with Gasteiger partial charge in [0, 0.05) is 18.1 Å². The molecule has 1 aliphatic carbocycles. The van der Waals surface area contributed by atoms with Crippen molar-refractivity contribution in [2.45, 2.75) is 12.8 Å². The van der Waals surface area contributed by atoms with E-state index in [9.17, 15) is 14.4 Å². The second-order valence-corrected chi connectivity index (χ2v) is 5.20. The summed E-state index contributed by atoms with van der Waals surface area (Å²) in [5, 5.41) is 2.65. The van der Waals surface area contributed by atoms with Gasteiger partial charge in [-0.3, -0.25) is 24.3 Å². The van der Waals surface area contributed by atoms with Crippen LogP contribution in [0.1, 0.15) is 12.8 Å². The lowest BCUT2D eigenvalue weighted by Crippen LogP contribution is -2.38. The van der Waals surface area contributed by atoms with Gasteiger partial charge in [0.05, 0.1) is 11.8 Å². The van der Waals surface area contributed by atoms with E-state index in [1.807, 2.05) is 12.2 Å². The van der Waals surface area contributed by atoms with Crippen molar-refractivity contribution in [3.8, 4) is 0 Å². The number of pyridine rings is 1. The first-order valence-corrected chi connectivity index (χ1v) is 6.87. The highest BCUT2D eigenvalue weighted by Crippen LogP contribution is 2.34. The van der Waals surface area contributed by atoms with Crippen molar-refractivity contribution < 1.29 is 14.4 Å². The molecule has 6 nitrogen and oxygen atoms in total. The van der Waals surface area contributed by atoms with Crippen LogP contribution in [0.4, 0.5) is 5.69 Å². The van der Waals surface area contributed by atoms with Gasteiger partial charge in [-0.1, -0.05) is 12.2 Å². The molecule has 108 valence electrons. The number of amides is 3. The maximum absolute atomic E-state index is 12.2. The van der Waals surface area contributed by atoms with Crippen molar-refractivity contribution in [1.29, 1.82) is 0 Å². The number of nitrogens with zero attached hydrogens (tertiary/aromatic N) is 2. The molecule has 6 heteroatoms. The van der Waals surface area contributed by atoms with Crippen LogP contribution in [0, 0.1) is 11.8 Å². The van der Waals surface area contributed by atoms with Crippen LogP contribution in [0.3, 0.4) is 0 Å². The molecule has 2 atom stereocenters. The van der Waals surface area contributed by atoms with Gasteiger partial charge in [0.25, 0.3) is 0 Å². The molecule has 0 spiro atoms. The summed E-state index contributed by atoms with van der Waals surface area (Å²) in [6.45, 7) is -0.229. The standard InChI is InChI=1S/C15H15N3O3/c19-13(17-10-5-7-16-8-6-10)9-18-14(20)11-3-1-2-4-12(11)15(18)21/h1-2,5-8,11-12H,3-4,9H2,(H,16,17,19)/t11-,12-/m0/s1. The molecule has 2 aliphatic rings. The van der Waals surface area contributed by atoms with Gasteiger partial charge in [-0.25, -0.2) is 0 Å². The van der Waals surface area contributed by atoms with E-state index in [1.165, 1.54) is 0 Å². The Morgan fingerprint density at radius 1 is 1.14 bits per heavy atom. The highest BCUT2D eigenvalue weighted by atomic mass is 16.2. The van der Waals surface area contributed by atoms with E-state index in [0.29, 0.717) is 18.5 Å². The zero-order valence-corrected chi connectivity index (χ0v) is 11.4. The topological polar surface area (TPSA) is 79.4 Å². The molecular formula is C15H15N3O3. The fourth-order valence-corrected chi connectivity index (χ4v) is 2.80. The third-order valence-corrected chi connectivity index (χ3v) is 3.86. The van der Waals surface area contributed by atoms with Gasteiger partial charge in [0.15, 0.2) is 0 Å². The fraction of sp³-hybridized carbons (Fsp3) is 0.333. The Balaban J connectivity index is 1.66. The summed E-state index contributed by atoms with van der Waals surface area (Å²) in [4.78, 5) is 41.3. The molecule has 1 aliphatic heterocycles. The molecular weight excluding hydrogens is 270 g/mol. The first-order chi connectivity index (χ1) is 10.2. The van der Waals surface area contributed by atoms with Crippen LogP contribution < -0.4 is 5.32 Å². The van der Waals surface area contributed by atoms with Crippen molar-refractivity contribution >= 4 is 23.4 Å². The lowest BCUT2D eigenvalue weighted by atomic mass is 9.85. The largest absolute Gasteiger partial charge is 0.324 e. The fourth-order valence-electron chi connectivity index (χ4n) is 2.80. The number of allylic oxidation sites excluding steroid dienone is 2. The smallest absolute Gasteiger partial charge is 0.244 e. The predicted molar refractivity (Wildman–Crippen MR) is 74.9 cm³/mol. The van der Waals surface area contributed by atoms with Crippen LogP contribution in [0.2, 0.25) is 0 Å². The zero-order chi connectivity index (χ0) is 14.8. The van der Waals surface area contributed by atoms with Crippen molar-refractivity contribution in [3.63, 3.8) is 0 Å². The Morgan fingerprint density at radius 3 is 2.29 bits per heavy atom. The Bertz CT molecular complexity index is 586. The molecule has 3 rings (SSSR count). The van der Waals surface area contributed by atoms with Crippen molar-refractivity contribution in [2.75, 3.05) is 11.9 Å². The maximum atomic E-state index is 12.2. The summed E-state index contributed by atoms with van der Waals surface area (Å²) in [6, 6.07) is 3.30. The lowest BCUT2D eigenvalue weighted by molar-refractivity contribution is -0.142. The van der Waals surface area contributed by atoms with Gasteiger partial charge in [0.2, 0.25) is 17.7 Å². The zero-order valence-electron chi connectivity index (χ0n) is 11.4. The number of nitrogens with one attached hydrogen (secondary N) is 1. The van der Waals surface area contributed by atoms with E-state index >= 15 is 0 Å². The monoisotopic (exact) mass is 285 g/mol. The normalized spacial score (nSPS) is 24.1. The minimum absolute atomic E-state index is 0.229. The average Bonchev–Trinajstić information content (AvgIpc) is 2.74. The molecule has 1 aromatic heterocycles. The molecule has 0 unspecified atom stereocenters. The summed E-state index contributed by atoms with van der Waals surface area (Å²) in [6.07, 6.45) is 8.12. The maximum Gasteiger partial charge on any atom is 0.244 e. The number of likely N-dealkylation sites (tertiary alicyclic amines) is 1. The van der Waals surface area contributed by atoms with Crippen LogP contribution in [-0.4, -0.2) is 34.2 Å². The number of imide groups is 1. The van der Waals surface area contributed by atoms with Gasteiger partial charge in [-0.15, -0.1) is 0 Å². The highest BCUT2D eigenvalue weighted by molar-refractivity contribution is 6.08. The van der Waals surface area contributed by atoms with Crippen molar-refractivity contribution in [2.24, 2.45) is 11.8 Å². The number of fused-ring (bicyclic) bond motifs is 1. The summed E-state index contributed by atoms with van der Waals surface area (Å²) in [7, 11) is 0. The minimum atomic E-state index is -0.380. The lowest BCUT2D eigenvalue weighted by Gasteiger charge is -2.14. The first kappa shape index (κ1) is 13.5. The van der Waals surface area contributed by atoms with E-state index in [0.717, 1.165) is 4.90 Å². The molecule has 3 amide bonds. The van der Waals surface area contributed by atoms with E-state index in [-0.39, 0.29) is 36.1 Å². The second-order valence-electron chi connectivity index (χ2n) is 5.20. The number of aromatic nitrogens is 1. The summed E-state index contributed by atoms with van der Waals surface area (Å²) in [5.41, 5.74) is 0.591. The number of carbonyl (C=O) groups is 3. The van der Waals surface area contributed by atoms with Gasteiger partial charge >= 0.3 is 0 Å². The minimum Gasteiger partial charge on any atom is -0.324 e. The SMILES string of the molecule is O=C(CN1C(=O)[C@H]2CC=CC[C@@H]2C1=O)Nc1ccncc1. The van der Waals surface area contributed by atoms with Crippen LogP contribution in [0.25, 0.3) is 0 Å². The van der Waals surface area contributed by atoms with E-state index < -0.39 is 0 Å². The molecule has 0 saturated carbocycles. The number of hydrogen-bond acceptors (Lipinski definition) is 4.